The minimum Gasteiger partial charge on any atom is -0.399 e. The normalized spacial score (nSPS) is 11.3. The highest BCUT2D eigenvalue weighted by Gasteiger charge is 2.17. The first-order valence-corrected chi connectivity index (χ1v) is 9.15. The highest BCUT2D eigenvalue weighted by molar-refractivity contribution is 9.09. The Kier molecular flexibility index (Phi) is 5.25. The van der Waals surface area contributed by atoms with E-state index < -0.39 is 9.84 Å². The summed E-state index contributed by atoms with van der Waals surface area (Å²) in [6.45, 7) is 0.843. The van der Waals surface area contributed by atoms with Gasteiger partial charge in [0.05, 0.1) is 9.79 Å². The number of nitrogens with one attached hydrogen (secondary N) is 1. The zero-order chi connectivity index (χ0) is 15.3. The summed E-state index contributed by atoms with van der Waals surface area (Å²) in [6.07, 6.45) is 1.01. The van der Waals surface area contributed by atoms with E-state index >= 15 is 0 Å². The number of nitrogens with two attached hydrogens (primary N) is 1. The molecule has 2 aromatic rings. The predicted molar refractivity (Wildman–Crippen MR) is 89.6 cm³/mol. The quantitative estimate of drug-likeness (QED) is 0.466. The van der Waals surface area contributed by atoms with Crippen LogP contribution in [0.1, 0.15) is 6.42 Å². The van der Waals surface area contributed by atoms with E-state index in [1.165, 1.54) is 12.1 Å². The maximum atomic E-state index is 12.4. The number of nitrogen functional groups attached to an aromatic ring is 1. The third-order valence-corrected chi connectivity index (χ3v) is 5.34. The molecular formula is C15H17BrN2O2S. The van der Waals surface area contributed by atoms with Crippen LogP contribution in [-0.4, -0.2) is 20.3 Å². The summed E-state index contributed by atoms with van der Waals surface area (Å²) in [7, 11) is -3.49. The highest BCUT2D eigenvalue weighted by atomic mass is 79.9. The number of sulfone groups is 1. The molecule has 0 aromatic heterocycles. The summed E-state index contributed by atoms with van der Waals surface area (Å²) in [5, 5.41) is 4.16. The lowest BCUT2D eigenvalue weighted by Gasteiger charge is -2.08. The second-order valence-electron chi connectivity index (χ2n) is 4.57. The lowest BCUT2D eigenvalue weighted by Crippen LogP contribution is -2.04. The molecule has 6 heteroatoms. The molecule has 0 saturated heterocycles. The van der Waals surface area contributed by atoms with Crippen molar-refractivity contribution in [3.05, 3.63) is 48.5 Å². The first-order valence-electron chi connectivity index (χ1n) is 6.54. The van der Waals surface area contributed by atoms with Crippen molar-refractivity contribution in [1.29, 1.82) is 0 Å². The summed E-state index contributed by atoms with van der Waals surface area (Å²) in [5.74, 6) is 0. The topological polar surface area (TPSA) is 72.2 Å². The average Bonchev–Trinajstić information content (AvgIpc) is 2.48. The van der Waals surface area contributed by atoms with E-state index in [-0.39, 0.29) is 9.79 Å². The number of alkyl halides is 1. The second kappa shape index (κ2) is 6.95. The van der Waals surface area contributed by atoms with Gasteiger partial charge in [-0.15, -0.1) is 0 Å². The SMILES string of the molecule is Nc1ccc(S(=O)(=O)c2ccc(NCCCBr)cc2)cc1. The minimum atomic E-state index is -3.49. The maximum absolute atomic E-state index is 12.4. The molecule has 0 aliphatic heterocycles. The summed E-state index contributed by atoms with van der Waals surface area (Å²) in [6, 6.07) is 13.0. The molecule has 0 atom stereocenters. The lowest BCUT2D eigenvalue weighted by atomic mass is 10.3. The third kappa shape index (κ3) is 3.98. The predicted octanol–water partition coefficient (Wildman–Crippen LogP) is 3.30. The molecule has 0 unspecified atom stereocenters. The van der Waals surface area contributed by atoms with E-state index in [0.717, 1.165) is 24.0 Å². The molecule has 0 aliphatic carbocycles. The van der Waals surface area contributed by atoms with Crippen LogP contribution in [0.4, 0.5) is 11.4 Å². The van der Waals surface area contributed by atoms with Crippen molar-refractivity contribution in [1.82, 2.24) is 0 Å². The number of halogens is 1. The fourth-order valence-electron chi connectivity index (χ4n) is 1.83. The van der Waals surface area contributed by atoms with Crippen LogP contribution in [0.2, 0.25) is 0 Å². The van der Waals surface area contributed by atoms with E-state index in [4.69, 9.17) is 5.73 Å². The first-order chi connectivity index (χ1) is 10.0. The first kappa shape index (κ1) is 15.9. The van der Waals surface area contributed by atoms with Crippen LogP contribution in [0.25, 0.3) is 0 Å². The Balaban J connectivity index is 2.19. The van der Waals surface area contributed by atoms with Crippen LogP contribution < -0.4 is 11.1 Å². The van der Waals surface area contributed by atoms with Gasteiger partial charge in [0, 0.05) is 23.2 Å². The van der Waals surface area contributed by atoms with Crippen LogP contribution in [0.3, 0.4) is 0 Å². The van der Waals surface area contributed by atoms with Gasteiger partial charge in [0.25, 0.3) is 0 Å². The van der Waals surface area contributed by atoms with Crippen LogP contribution >= 0.6 is 15.9 Å². The van der Waals surface area contributed by atoms with Crippen molar-refractivity contribution in [2.75, 3.05) is 22.9 Å². The highest BCUT2D eigenvalue weighted by Crippen LogP contribution is 2.23. The van der Waals surface area contributed by atoms with Crippen molar-refractivity contribution in [3.8, 4) is 0 Å². The van der Waals surface area contributed by atoms with Gasteiger partial charge in [-0.05, 0) is 55.0 Å². The van der Waals surface area contributed by atoms with Gasteiger partial charge >= 0.3 is 0 Å². The molecular weight excluding hydrogens is 352 g/mol. The zero-order valence-electron chi connectivity index (χ0n) is 11.4. The number of hydrogen-bond donors (Lipinski definition) is 2. The van der Waals surface area contributed by atoms with Crippen LogP contribution in [0, 0.1) is 0 Å². The standard InChI is InChI=1S/C15H17BrN2O2S/c16-10-1-11-18-13-4-8-15(9-5-13)21(19,20)14-6-2-12(17)3-7-14/h2-9,18H,1,10-11,17H2. The van der Waals surface area contributed by atoms with Crippen molar-refractivity contribution in [2.24, 2.45) is 0 Å². The third-order valence-electron chi connectivity index (χ3n) is 2.99. The van der Waals surface area contributed by atoms with Gasteiger partial charge < -0.3 is 11.1 Å². The van der Waals surface area contributed by atoms with Gasteiger partial charge in [0.15, 0.2) is 0 Å². The molecule has 3 N–H and O–H groups in total. The van der Waals surface area contributed by atoms with E-state index in [2.05, 4.69) is 21.2 Å². The Morgan fingerprint density at radius 1 is 0.952 bits per heavy atom. The van der Waals surface area contributed by atoms with Gasteiger partial charge in [-0.3, -0.25) is 0 Å². The molecule has 2 rings (SSSR count). The molecule has 0 fully saturated rings. The zero-order valence-corrected chi connectivity index (χ0v) is 13.8. The molecule has 0 heterocycles. The Hall–Kier alpha value is -1.53. The molecule has 0 aliphatic rings. The minimum absolute atomic E-state index is 0.247. The van der Waals surface area contributed by atoms with Crippen molar-refractivity contribution < 1.29 is 8.42 Å². The van der Waals surface area contributed by atoms with Crippen molar-refractivity contribution in [2.45, 2.75) is 16.2 Å². The van der Waals surface area contributed by atoms with Crippen LogP contribution in [0.15, 0.2) is 58.3 Å². The molecule has 2 aromatic carbocycles. The van der Waals surface area contributed by atoms with Crippen LogP contribution in [-0.2, 0) is 9.84 Å². The summed E-state index contributed by atoms with van der Waals surface area (Å²) >= 11 is 3.36. The summed E-state index contributed by atoms with van der Waals surface area (Å²) < 4.78 is 24.9. The second-order valence-corrected chi connectivity index (χ2v) is 7.31. The average molecular weight is 369 g/mol. The molecule has 0 radical (unpaired) electrons. The lowest BCUT2D eigenvalue weighted by molar-refractivity contribution is 0.596. The van der Waals surface area contributed by atoms with Gasteiger partial charge in [-0.1, -0.05) is 15.9 Å². The van der Waals surface area contributed by atoms with Gasteiger partial charge in [0.1, 0.15) is 0 Å². The van der Waals surface area contributed by atoms with Gasteiger partial charge in [0.2, 0.25) is 9.84 Å². The molecule has 0 bridgehead atoms. The molecule has 4 nitrogen and oxygen atoms in total. The Morgan fingerprint density at radius 3 is 2.00 bits per heavy atom. The monoisotopic (exact) mass is 368 g/mol. The molecule has 112 valence electrons. The molecule has 0 saturated carbocycles. The van der Waals surface area contributed by atoms with Gasteiger partial charge in [-0.2, -0.15) is 0 Å². The smallest absolute Gasteiger partial charge is 0.206 e. The van der Waals surface area contributed by atoms with Crippen molar-refractivity contribution in [3.63, 3.8) is 0 Å². The Labute approximate surface area is 133 Å². The van der Waals surface area contributed by atoms with E-state index in [0.29, 0.717) is 5.69 Å². The number of anilines is 2. The largest absolute Gasteiger partial charge is 0.399 e. The maximum Gasteiger partial charge on any atom is 0.206 e. The number of hydrogen-bond acceptors (Lipinski definition) is 4. The van der Waals surface area contributed by atoms with E-state index in [1.54, 1.807) is 36.4 Å². The Morgan fingerprint density at radius 2 is 1.48 bits per heavy atom. The molecule has 0 amide bonds. The number of rotatable bonds is 6. The summed E-state index contributed by atoms with van der Waals surface area (Å²) in [5.41, 5.74) is 7.03. The van der Waals surface area contributed by atoms with Gasteiger partial charge in [-0.25, -0.2) is 8.42 Å². The van der Waals surface area contributed by atoms with E-state index in [1.807, 2.05) is 0 Å². The fourth-order valence-corrected chi connectivity index (χ4v) is 3.38. The van der Waals surface area contributed by atoms with E-state index in [9.17, 15) is 8.42 Å². The molecule has 0 spiro atoms. The van der Waals surface area contributed by atoms with Crippen molar-refractivity contribution >= 4 is 37.1 Å². The fraction of sp³-hybridized carbons (Fsp3) is 0.200. The number of benzene rings is 2. The Bertz CT molecular complexity index is 683. The summed E-state index contributed by atoms with van der Waals surface area (Å²) in [4.78, 5) is 0.523. The molecule has 21 heavy (non-hydrogen) atoms. The van der Waals surface area contributed by atoms with Crippen LogP contribution in [0.5, 0.6) is 0 Å².